The van der Waals surface area contributed by atoms with E-state index in [4.69, 9.17) is 0 Å². The van der Waals surface area contributed by atoms with Gasteiger partial charge in [0.05, 0.1) is 32.3 Å². The fourth-order valence-electron chi connectivity index (χ4n) is 1.90. The number of nitro benzene ring substituents is 2. The highest BCUT2D eigenvalue weighted by Crippen LogP contribution is 2.38. The number of nitro groups is 2. The molecule has 0 radical (unpaired) electrons. The zero-order chi connectivity index (χ0) is 14.9. The Balaban J connectivity index is 2.28. The van der Waals surface area contributed by atoms with Crippen LogP contribution in [0.25, 0.3) is 0 Å². The second kappa shape index (κ2) is 5.37. The first-order valence-electron chi connectivity index (χ1n) is 5.58. The minimum atomic E-state index is -3.07. The minimum Gasteiger partial charge on any atom is -0.258 e. The van der Waals surface area contributed by atoms with Crippen LogP contribution in [0.4, 0.5) is 11.4 Å². The fourth-order valence-corrected chi connectivity index (χ4v) is 5.48. The topological polar surface area (TPSA) is 120 Å². The van der Waals surface area contributed by atoms with E-state index in [-0.39, 0.29) is 33.0 Å². The van der Waals surface area contributed by atoms with E-state index in [0.717, 1.165) is 17.8 Å². The SMILES string of the molecule is O=[N+]([O-])c1ccc(S[C@@H]2CCS(=O)(=O)C2)c([N+](=O)[O-])c1. The van der Waals surface area contributed by atoms with Crippen molar-refractivity contribution < 1.29 is 18.3 Å². The summed E-state index contributed by atoms with van der Waals surface area (Å²) >= 11 is 1.09. The van der Waals surface area contributed by atoms with Crippen molar-refractivity contribution in [3.05, 3.63) is 38.4 Å². The van der Waals surface area contributed by atoms with Crippen molar-refractivity contribution in [1.82, 2.24) is 0 Å². The van der Waals surface area contributed by atoms with Crippen LogP contribution in [0, 0.1) is 20.2 Å². The number of hydrogen-bond acceptors (Lipinski definition) is 7. The first-order chi connectivity index (χ1) is 9.28. The van der Waals surface area contributed by atoms with Gasteiger partial charge >= 0.3 is 0 Å². The molecule has 2 rings (SSSR count). The highest BCUT2D eigenvalue weighted by molar-refractivity contribution is 8.02. The molecular formula is C10H10N2O6S2. The maximum absolute atomic E-state index is 11.4. The third kappa shape index (κ3) is 3.25. The average molecular weight is 318 g/mol. The summed E-state index contributed by atoms with van der Waals surface area (Å²) in [7, 11) is -3.07. The van der Waals surface area contributed by atoms with Crippen molar-refractivity contribution in [2.75, 3.05) is 11.5 Å². The summed E-state index contributed by atoms with van der Waals surface area (Å²) in [5.41, 5.74) is -0.728. The van der Waals surface area contributed by atoms with Crippen LogP contribution < -0.4 is 0 Å². The van der Waals surface area contributed by atoms with Crippen LogP contribution in [-0.4, -0.2) is 35.0 Å². The molecule has 10 heteroatoms. The van der Waals surface area contributed by atoms with Gasteiger partial charge in [-0.1, -0.05) is 0 Å². The third-order valence-corrected chi connectivity index (χ3v) is 6.15. The van der Waals surface area contributed by atoms with Crippen molar-refractivity contribution in [1.29, 1.82) is 0 Å². The Morgan fingerprint density at radius 1 is 1.20 bits per heavy atom. The van der Waals surface area contributed by atoms with E-state index in [2.05, 4.69) is 0 Å². The zero-order valence-corrected chi connectivity index (χ0v) is 11.7. The zero-order valence-electron chi connectivity index (χ0n) is 10.1. The Hall–Kier alpha value is -1.68. The first kappa shape index (κ1) is 14.7. The molecule has 0 saturated carbocycles. The van der Waals surface area contributed by atoms with Gasteiger partial charge in [0, 0.05) is 11.3 Å². The van der Waals surface area contributed by atoms with Gasteiger partial charge < -0.3 is 0 Å². The predicted molar refractivity (Wildman–Crippen MR) is 72.7 cm³/mol. The molecule has 0 amide bonds. The van der Waals surface area contributed by atoms with Crippen LogP contribution in [0.1, 0.15) is 6.42 Å². The number of sulfone groups is 1. The lowest BCUT2D eigenvalue weighted by Crippen LogP contribution is -2.06. The van der Waals surface area contributed by atoms with Crippen LogP contribution in [0.15, 0.2) is 23.1 Å². The summed E-state index contributed by atoms with van der Waals surface area (Å²) in [6.07, 6.45) is 0.432. The Bertz CT molecular complexity index is 672. The Morgan fingerprint density at radius 2 is 1.90 bits per heavy atom. The molecule has 1 fully saturated rings. The van der Waals surface area contributed by atoms with E-state index < -0.39 is 19.7 Å². The largest absolute Gasteiger partial charge is 0.289 e. The molecule has 1 aliphatic heterocycles. The highest BCUT2D eigenvalue weighted by atomic mass is 32.2. The quantitative estimate of drug-likeness (QED) is 0.612. The van der Waals surface area contributed by atoms with Crippen LogP contribution in [0.3, 0.4) is 0 Å². The lowest BCUT2D eigenvalue weighted by molar-refractivity contribution is -0.396. The summed E-state index contributed by atoms with van der Waals surface area (Å²) in [6, 6.07) is 3.37. The summed E-state index contributed by atoms with van der Waals surface area (Å²) in [5, 5.41) is 21.3. The van der Waals surface area contributed by atoms with Crippen LogP contribution in [0.2, 0.25) is 0 Å². The molecule has 0 spiro atoms. The van der Waals surface area contributed by atoms with Gasteiger partial charge in [0.1, 0.15) is 0 Å². The van der Waals surface area contributed by atoms with Crippen molar-refractivity contribution in [3.8, 4) is 0 Å². The van der Waals surface area contributed by atoms with E-state index in [1.165, 1.54) is 12.1 Å². The molecule has 20 heavy (non-hydrogen) atoms. The van der Waals surface area contributed by atoms with Crippen molar-refractivity contribution in [2.24, 2.45) is 0 Å². The lowest BCUT2D eigenvalue weighted by Gasteiger charge is -2.07. The maximum Gasteiger partial charge on any atom is 0.289 e. The average Bonchev–Trinajstić information content (AvgIpc) is 2.68. The predicted octanol–water partition coefficient (Wildman–Crippen LogP) is 1.78. The minimum absolute atomic E-state index is 0.0220. The summed E-state index contributed by atoms with van der Waals surface area (Å²) in [4.78, 5) is 20.4. The summed E-state index contributed by atoms with van der Waals surface area (Å²) in [6.45, 7) is 0. The highest BCUT2D eigenvalue weighted by Gasteiger charge is 2.31. The number of thioether (sulfide) groups is 1. The molecule has 0 bridgehead atoms. The molecule has 0 N–H and O–H groups in total. The molecule has 1 atom stereocenters. The van der Waals surface area contributed by atoms with Gasteiger partial charge in [0.15, 0.2) is 9.84 Å². The Morgan fingerprint density at radius 3 is 2.40 bits per heavy atom. The molecule has 0 aromatic heterocycles. The second-order valence-corrected chi connectivity index (χ2v) is 7.88. The molecule has 1 aromatic rings. The summed E-state index contributed by atoms with van der Waals surface area (Å²) < 4.78 is 22.7. The molecule has 108 valence electrons. The van der Waals surface area contributed by atoms with Crippen molar-refractivity contribution in [2.45, 2.75) is 16.6 Å². The second-order valence-electron chi connectivity index (χ2n) is 4.31. The van der Waals surface area contributed by atoms with Crippen LogP contribution >= 0.6 is 11.8 Å². The van der Waals surface area contributed by atoms with E-state index in [0.29, 0.717) is 6.42 Å². The third-order valence-electron chi connectivity index (χ3n) is 2.83. The smallest absolute Gasteiger partial charge is 0.258 e. The molecule has 1 aliphatic rings. The van der Waals surface area contributed by atoms with Crippen LogP contribution in [0.5, 0.6) is 0 Å². The molecule has 0 unspecified atom stereocenters. The van der Waals surface area contributed by atoms with Gasteiger partial charge in [-0.2, -0.15) is 0 Å². The van der Waals surface area contributed by atoms with Gasteiger partial charge in [-0.3, -0.25) is 20.2 Å². The standard InChI is InChI=1S/C10H10N2O6S2/c13-11(14)7-1-2-10(9(5-7)12(15)16)19-8-3-4-20(17,18)6-8/h1-2,5,8H,3-4,6H2/t8-/m1/s1. The van der Waals surface area contributed by atoms with E-state index in [1.54, 1.807) is 0 Å². The van der Waals surface area contributed by atoms with Gasteiger partial charge in [-0.25, -0.2) is 8.42 Å². The van der Waals surface area contributed by atoms with Crippen molar-refractivity contribution >= 4 is 33.0 Å². The van der Waals surface area contributed by atoms with Gasteiger partial charge in [-0.15, -0.1) is 11.8 Å². The number of hydrogen-bond donors (Lipinski definition) is 0. The molecule has 1 heterocycles. The van der Waals surface area contributed by atoms with E-state index in [1.807, 2.05) is 0 Å². The monoisotopic (exact) mass is 318 g/mol. The Kier molecular flexibility index (Phi) is 3.95. The van der Waals surface area contributed by atoms with Gasteiger partial charge in [0.2, 0.25) is 0 Å². The maximum atomic E-state index is 11.4. The molecule has 0 aliphatic carbocycles. The number of benzene rings is 1. The first-order valence-corrected chi connectivity index (χ1v) is 8.28. The number of nitrogens with zero attached hydrogens (tertiary/aromatic N) is 2. The van der Waals surface area contributed by atoms with E-state index >= 15 is 0 Å². The molecule has 1 aromatic carbocycles. The Labute approximate surface area is 118 Å². The van der Waals surface area contributed by atoms with Crippen molar-refractivity contribution in [3.63, 3.8) is 0 Å². The molecule has 1 saturated heterocycles. The number of non-ortho nitro benzene ring substituents is 1. The molecule has 8 nitrogen and oxygen atoms in total. The molecular weight excluding hydrogens is 308 g/mol. The van der Waals surface area contributed by atoms with E-state index in [9.17, 15) is 28.6 Å². The number of rotatable bonds is 4. The van der Waals surface area contributed by atoms with Crippen LogP contribution in [-0.2, 0) is 9.84 Å². The normalized spacial score (nSPS) is 20.7. The fraction of sp³-hybridized carbons (Fsp3) is 0.400. The summed E-state index contributed by atoms with van der Waals surface area (Å²) in [5.74, 6) is 0.0528. The lowest BCUT2D eigenvalue weighted by atomic mass is 10.3. The van der Waals surface area contributed by atoms with Gasteiger partial charge in [-0.05, 0) is 12.5 Å². The van der Waals surface area contributed by atoms with Gasteiger partial charge in [0.25, 0.3) is 11.4 Å².